The Hall–Kier alpha value is -2.02. The van der Waals surface area contributed by atoms with E-state index in [0.717, 1.165) is 5.69 Å². The van der Waals surface area contributed by atoms with Crippen molar-refractivity contribution >= 4 is 23.2 Å². The fourth-order valence-corrected chi connectivity index (χ4v) is 1.36. The number of nitrogens with zero attached hydrogens (tertiary/aromatic N) is 3. The number of aryl methyl sites for hydroxylation is 1. The molecule has 0 saturated carbocycles. The van der Waals surface area contributed by atoms with Gasteiger partial charge in [-0.25, -0.2) is 9.97 Å². The molecule has 2 rings (SSSR count). The van der Waals surface area contributed by atoms with Crippen molar-refractivity contribution in [2.24, 2.45) is 5.73 Å². The molecule has 6 nitrogen and oxygen atoms in total. The molecule has 0 amide bonds. The number of anilines is 1. The summed E-state index contributed by atoms with van der Waals surface area (Å²) in [6.45, 7) is 2.32. The lowest BCUT2D eigenvalue weighted by molar-refractivity contribution is 0.384. The standard InChI is InChI=1S/C10H11N5OS/c1-6-4-7(16-15-6)5-13-10-12-3-2-8(14-10)9(11)17/h2-4H,5H2,1H3,(H2,11,17)(H,12,13,14). The summed E-state index contributed by atoms with van der Waals surface area (Å²) in [5.74, 6) is 1.16. The molecule has 2 aromatic heterocycles. The van der Waals surface area contributed by atoms with E-state index in [0.29, 0.717) is 23.9 Å². The Morgan fingerprint density at radius 3 is 3.06 bits per heavy atom. The molecule has 0 bridgehead atoms. The second-order valence-electron chi connectivity index (χ2n) is 3.42. The summed E-state index contributed by atoms with van der Waals surface area (Å²) in [5, 5.41) is 6.78. The number of hydrogen-bond acceptors (Lipinski definition) is 6. The predicted molar refractivity (Wildman–Crippen MR) is 66.5 cm³/mol. The van der Waals surface area contributed by atoms with Gasteiger partial charge in [0.15, 0.2) is 5.76 Å². The van der Waals surface area contributed by atoms with Gasteiger partial charge in [0.1, 0.15) is 10.7 Å². The third-order valence-corrected chi connectivity index (χ3v) is 2.21. The zero-order valence-electron chi connectivity index (χ0n) is 9.17. The maximum absolute atomic E-state index is 5.48. The zero-order valence-corrected chi connectivity index (χ0v) is 9.99. The van der Waals surface area contributed by atoms with E-state index in [1.807, 2.05) is 13.0 Å². The van der Waals surface area contributed by atoms with Crippen LogP contribution in [-0.2, 0) is 6.54 Å². The summed E-state index contributed by atoms with van der Waals surface area (Å²) in [6.07, 6.45) is 1.59. The fourth-order valence-electron chi connectivity index (χ4n) is 1.25. The lowest BCUT2D eigenvalue weighted by atomic mass is 10.4. The van der Waals surface area contributed by atoms with Gasteiger partial charge in [-0.2, -0.15) is 0 Å². The van der Waals surface area contributed by atoms with Gasteiger partial charge in [-0.3, -0.25) is 0 Å². The molecule has 88 valence electrons. The fraction of sp³-hybridized carbons (Fsp3) is 0.200. The van der Waals surface area contributed by atoms with Crippen LogP contribution in [0.3, 0.4) is 0 Å². The molecule has 0 radical (unpaired) electrons. The van der Waals surface area contributed by atoms with Crippen LogP contribution in [0.5, 0.6) is 0 Å². The van der Waals surface area contributed by atoms with E-state index in [9.17, 15) is 0 Å². The first-order valence-corrected chi connectivity index (χ1v) is 5.35. The van der Waals surface area contributed by atoms with Crippen LogP contribution in [0.1, 0.15) is 17.1 Å². The quantitative estimate of drug-likeness (QED) is 0.782. The average molecular weight is 249 g/mol. The summed E-state index contributed by atoms with van der Waals surface area (Å²) in [7, 11) is 0. The number of thiocarbonyl (C=S) groups is 1. The van der Waals surface area contributed by atoms with Crippen LogP contribution in [0.2, 0.25) is 0 Å². The van der Waals surface area contributed by atoms with E-state index in [2.05, 4.69) is 20.4 Å². The Labute approximate surface area is 103 Å². The molecule has 2 aromatic rings. The number of aromatic nitrogens is 3. The minimum Gasteiger partial charge on any atom is -0.388 e. The van der Waals surface area contributed by atoms with E-state index < -0.39 is 0 Å². The SMILES string of the molecule is Cc1cc(CNc2nccc(C(N)=S)n2)on1. The van der Waals surface area contributed by atoms with Crippen molar-refractivity contribution in [3.63, 3.8) is 0 Å². The first-order valence-electron chi connectivity index (χ1n) is 4.94. The van der Waals surface area contributed by atoms with Crippen molar-refractivity contribution in [1.29, 1.82) is 0 Å². The topological polar surface area (TPSA) is 89.9 Å². The van der Waals surface area contributed by atoms with Gasteiger partial charge in [-0.05, 0) is 13.0 Å². The Bertz CT molecular complexity index is 539. The molecule has 7 heteroatoms. The van der Waals surface area contributed by atoms with Crippen LogP contribution >= 0.6 is 12.2 Å². The molecule has 0 unspecified atom stereocenters. The first kappa shape index (κ1) is 11.5. The second kappa shape index (κ2) is 4.88. The van der Waals surface area contributed by atoms with Gasteiger partial charge in [-0.15, -0.1) is 0 Å². The Balaban J connectivity index is 2.04. The largest absolute Gasteiger partial charge is 0.388 e. The van der Waals surface area contributed by atoms with E-state index in [-0.39, 0.29) is 4.99 Å². The van der Waals surface area contributed by atoms with Gasteiger partial charge in [0, 0.05) is 12.3 Å². The molecule has 0 fully saturated rings. The molecular formula is C10H11N5OS. The molecular weight excluding hydrogens is 238 g/mol. The number of rotatable bonds is 4. The number of nitrogens with two attached hydrogens (primary N) is 1. The van der Waals surface area contributed by atoms with E-state index in [1.54, 1.807) is 12.3 Å². The molecule has 17 heavy (non-hydrogen) atoms. The van der Waals surface area contributed by atoms with Gasteiger partial charge in [-0.1, -0.05) is 17.4 Å². The first-order chi connectivity index (χ1) is 8.15. The molecule has 3 N–H and O–H groups in total. The highest BCUT2D eigenvalue weighted by Crippen LogP contribution is 2.06. The van der Waals surface area contributed by atoms with Crippen LogP contribution in [-0.4, -0.2) is 20.1 Å². The summed E-state index contributed by atoms with van der Waals surface area (Å²) in [6, 6.07) is 3.50. The summed E-state index contributed by atoms with van der Waals surface area (Å²) in [5.41, 5.74) is 6.84. The molecule has 0 atom stereocenters. The Kier molecular flexibility index (Phi) is 3.29. The molecule has 0 aliphatic carbocycles. The van der Waals surface area contributed by atoms with E-state index in [1.165, 1.54) is 0 Å². The number of nitrogens with one attached hydrogen (secondary N) is 1. The highest BCUT2D eigenvalue weighted by molar-refractivity contribution is 7.80. The van der Waals surface area contributed by atoms with Crippen LogP contribution in [0, 0.1) is 6.92 Å². The minimum absolute atomic E-state index is 0.242. The smallest absolute Gasteiger partial charge is 0.223 e. The minimum atomic E-state index is 0.242. The van der Waals surface area contributed by atoms with Crippen molar-refractivity contribution in [3.05, 3.63) is 35.5 Å². The van der Waals surface area contributed by atoms with Crippen molar-refractivity contribution in [2.45, 2.75) is 13.5 Å². The zero-order chi connectivity index (χ0) is 12.3. The average Bonchev–Trinajstić information content (AvgIpc) is 2.73. The molecule has 0 aromatic carbocycles. The van der Waals surface area contributed by atoms with Gasteiger partial charge < -0.3 is 15.6 Å². The van der Waals surface area contributed by atoms with E-state index >= 15 is 0 Å². The normalized spacial score (nSPS) is 10.2. The Morgan fingerprint density at radius 2 is 2.41 bits per heavy atom. The molecule has 0 saturated heterocycles. The molecule has 0 aliphatic heterocycles. The van der Waals surface area contributed by atoms with Gasteiger partial charge in [0.05, 0.1) is 12.2 Å². The summed E-state index contributed by atoms with van der Waals surface area (Å²) >= 11 is 4.83. The van der Waals surface area contributed by atoms with Crippen molar-refractivity contribution in [1.82, 2.24) is 15.1 Å². The second-order valence-corrected chi connectivity index (χ2v) is 3.86. The van der Waals surface area contributed by atoms with Crippen molar-refractivity contribution < 1.29 is 4.52 Å². The van der Waals surface area contributed by atoms with Crippen LogP contribution in [0.25, 0.3) is 0 Å². The van der Waals surface area contributed by atoms with E-state index in [4.69, 9.17) is 22.5 Å². The highest BCUT2D eigenvalue weighted by atomic mass is 32.1. The lowest BCUT2D eigenvalue weighted by Crippen LogP contribution is -2.13. The van der Waals surface area contributed by atoms with Gasteiger partial charge in [0.25, 0.3) is 0 Å². The summed E-state index contributed by atoms with van der Waals surface area (Å²) in [4.78, 5) is 8.43. The maximum atomic E-state index is 5.48. The number of hydrogen-bond donors (Lipinski definition) is 2. The third kappa shape index (κ3) is 2.97. The molecule has 0 spiro atoms. The van der Waals surface area contributed by atoms with Gasteiger partial charge >= 0.3 is 0 Å². The van der Waals surface area contributed by atoms with Crippen molar-refractivity contribution in [2.75, 3.05) is 5.32 Å². The van der Waals surface area contributed by atoms with Crippen LogP contribution in [0.15, 0.2) is 22.9 Å². The Morgan fingerprint density at radius 1 is 1.59 bits per heavy atom. The third-order valence-electron chi connectivity index (χ3n) is 2.01. The monoisotopic (exact) mass is 249 g/mol. The highest BCUT2D eigenvalue weighted by Gasteiger charge is 2.03. The molecule has 0 aliphatic rings. The molecule has 2 heterocycles. The van der Waals surface area contributed by atoms with Crippen molar-refractivity contribution in [3.8, 4) is 0 Å². The van der Waals surface area contributed by atoms with Crippen LogP contribution in [0.4, 0.5) is 5.95 Å². The van der Waals surface area contributed by atoms with Gasteiger partial charge in [0.2, 0.25) is 5.95 Å². The maximum Gasteiger partial charge on any atom is 0.223 e. The predicted octanol–water partition coefficient (Wildman–Crippen LogP) is 1.02. The van der Waals surface area contributed by atoms with Crippen LogP contribution < -0.4 is 11.1 Å². The summed E-state index contributed by atoms with van der Waals surface area (Å²) < 4.78 is 5.05. The lowest BCUT2D eigenvalue weighted by Gasteiger charge is -2.03.